The van der Waals surface area contributed by atoms with E-state index in [1.807, 2.05) is 13.0 Å². The highest BCUT2D eigenvalue weighted by molar-refractivity contribution is 4.94. The Morgan fingerprint density at radius 2 is 2.71 bits per heavy atom. The van der Waals surface area contributed by atoms with Crippen molar-refractivity contribution < 1.29 is 4.74 Å². The van der Waals surface area contributed by atoms with Crippen molar-refractivity contribution in [1.82, 2.24) is 0 Å². The van der Waals surface area contributed by atoms with E-state index < -0.39 is 0 Å². The van der Waals surface area contributed by atoms with E-state index in [0.29, 0.717) is 12.5 Å². The molecule has 1 aliphatic rings. The van der Waals surface area contributed by atoms with Crippen LogP contribution in [0.2, 0.25) is 0 Å². The molecule has 1 atom stereocenters. The maximum absolute atomic E-state index is 4.84. The zero-order valence-corrected chi connectivity index (χ0v) is 4.35. The Balaban J connectivity index is 2.36. The lowest BCUT2D eigenvalue weighted by Crippen LogP contribution is -2.01. The zero-order valence-electron chi connectivity index (χ0n) is 4.35. The molecule has 1 nitrogen and oxygen atoms in total. The third kappa shape index (κ3) is 1.32. The summed E-state index contributed by atoms with van der Waals surface area (Å²) in [6, 6.07) is 0. The van der Waals surface area contributed by atoms with Crippen LogP contribution in [0.5, 0.6) is 0 Å². The molecule has 7 heavy (non-hydrogen) atoms. The van der Waals surface area contributed by atoms with Gasteiger partial charge in [-0.2, -0.15) is 0 Å². The molecule has 0 aromatic heterocycles. The van der Waals surface area contributed by atoms with Crippen molar-refractivity contribution in [3.05, 3.63) is 18.8 Å². The van der Waals surface area contributed by atoms with Crippen LogP contribution < -0.4 is 0 Å². The molecule has 0 bridgehead atoms. The molecule has 1 unspecified atom stereocenters. The molecule has 0 aliphatic carbocycles. The number of hydrogen-bond acceptors (Lipinski definition) is 1. The summed E-state index contributed by atoms with van der Waals surface area (Å²) in [7, 11) is 0. The summed E-state index contributed by atoms with van der Waals surface area (Å²) in [5.74, 6) is 0.383. The van der Waals surface area contributed by atoms with E-state index in [2.05, 4.69) is 12.7 Å². The number of rotatable bonds is 0. The third-order valence-electron chi connectivity index (χ3n) is 0.874. The van der Waals surface area contributed by atoms with E-state index in [1.54, 1.807) is 0 Å². The molecule has 0 saturated carbocycles. The van der Waals surface area contributed by atoms with Gasteiger partial charge in [0.2, 0.25) is 0 Å². The molecular weight excluding hydrogens is 88.1 g/mol. The lowest BCUT2D eigenvalue weighted by atomic mass is 10.1. The highest BCUT2D eigenvalue weighted by Crippen LogP contribution is 2.07. The largest absolute Gasteiger partial charge is 0.364 e. The van der Waals surface area contributed by atoms with E-state index in [0.717, 1.165) is 0 Å². The van der Waals surface area contributed by atoms with Crippen LogP contribution in [0.3, 0.4) is 0 Å². The normalized spacial score (nSPS) is 30.7. The smallest absolute Gasteiger partial charge is 0.139 e. The molecule has 0 N–H and O–H groups in total. The first-order valence-electron chi connectivity index (χ1n) is 2.43. The fraction of sp³-hybridized carbons (Fsp3) is 0.500. The second-order valence-corrected chi connectivity index (χ2v) is 1.65. The summed E-state index contributed by atoms with van der Waals surface area (Å²) in [5.41, 5.74) is 0. The van der Waals surface area contributed by atoms with Crippen LogP contribution >= 0.6 is 0 Å². The van der Waals surface area contributed by atoms with Crippen molar-refractivity contribution in [3.63, 3.8) is 0 Å². The van der Waals surface area contributed by atoms with Crippen molar-refractivity contribution in [3.8, 4) is 0 Å². The maximum Gasteiger partial charge on any atom is 0.139 e. The third-order valence-corrected chi connectivity index (χ3v) is 0.874. The molecule has 1 heterocycles. The monoisotopic (exact) mass is 96.1 g/mol. The first kappa shape index (κ1) is 4.85. The predicted octanol–water partition coefficient (Wildman–Crippen LogP) is 1.25. The van der Waals surface area contributed by atoms with Gasteiger partial charge in [-0.15, -0.1) is 0 Å². The fourth-order valence-corrected chi connectivity index (χ4v) is 0.527. The predicted molar refractivity (Wildman–Crippen MR) is 27.5 cm³/mol. The Morgan fingerprint density at radius 3 is 3.00 bits per heavy atom. The van der Waals surface area contributed by atoms with Gasteiger partial charge in [-0.25, -0.2) is 0 Å². The molecule has 1 heteroatoms. The lowest BCUT2D eigenvalue weighted by molar-refractivity contribution is 0.199. The second-order valence-electron chi connectivity index (χ2n) is 1.65. The molecule has 0 saturated heterocycles. The Hall–Kier alpha value is -0.300. The summed E-state index contributed by atoms with van der Waals surface area (Å²) in [6.07, 6.45) is 4.07. The van der Waals surface area contributed by atoms with Crippen molar-refractivity contribution in [1.29, 1.82) is 0 Å². The van der Waals surface area contributed by atoms with Gasteiger partial charge in [-0.1, -0.05) is 19.1 Å². The van der Waals surface area contributed by atoms with Crippen molar-refractivity contribution in [2.24, 2.45) is 5.92 Å². The van der Waals surface area contributed by atoms with Crippen LogP contribution in [-0.4, -0.2) is 6.61 Å². The van der Waals surface area contributed by atoms with Gasteiger partial charge in [0.1, 0.15) is 6.61 Å². The van der Waals surface area contributed by atoms with E-state index in [4.69, 9.17) is 4.74 Å². The minimum Gasteiger partial charge on any atom is -0.364 e. The van der Waals surface area contributed by atoms with Crippen molar-refractivity contribution in [2.75, 3.05) is 6.61 Å². The summed E-state index contributed by atoms with van der Waals surface area (Å²) in [6.45, 7) is 5.53. The van der Waals surface area contributed by atoms with Crippen LogP contribution in [-0.2, 0) is 4.74 Å². The minimum atomic E-state index is 0.383. The number of hydrogen-bond donors (Lipinski definition) is 0. The molecule has 2 radical (unpaired) electrons. The van der Waals surface area contributed by atoms with Gasteiger partial charge in [0, 0.05) is 5.92 Å². The zero-order chi connectivity index (χ0) is 5.11. The Morgan fingerprint density at radius 1 is 1.86 bits per heavy atom. The van der Waals surface area contributed by atoms with Gasteiger partial charge in [0.05, 0.1) is 6.61 Å². The van der Waals surface area contributed by atoms with Crippen LogP contribution in [0.4, 0.5) is 0 Å². The van der Waals surface area contributed by atoms with E-state index in [-0.39, 0.29) is 0 Å². The Bertz CT molecular complexity index is 76.2. The highest BCUT2D eigenvalue weighted by Gasteiger charge is 2.01. The average molecular weight is 96.1 g/mol. The van der Waals surface area contributed by atoms with E-state index >= 15 is 0 Å². The van der Waals surface area contributed by atoms with Crippen molar-refractivity contribution >= 4 is 0 Å². The van der Waals surface area contributed by atoms with Gasteiger partial charge < -0.3 is 4.74 Å². The Kier molecular flexibility index (Phi) is 1.47. The molecule has 0 fully saturated rings. The standard InChI is InChI=1S/C6H8O/c1-6-3-2-4-7-5-6/h2-3,6H,4H2,1H3. The fourth-order valence-electron chi connectivity index (χ4n) is 0.527. The molecule has 0 aromatic carbocycles. The highest BCUT2D eigenvalue weighted by atomic mass is 16.5. The molecule has 0 aromatic rings. The molecule has 0 amide bonds. The molecule has 1 rings (SSSR count). The average Bonchev–Trinajstić information content (AvgIpc) is 1.69. The van der Waals surface area contributed by atoms with Crippen LogP contribution in [0.25, 0.3) is 0 Å². The molecule has 1 aliphatic heterocycles. The van der Waals surface area contributed by atoms with E-state index in [9.17, 15) is 0 Å². The second kappa shape index (κ2) is 2.12. The lowest BCUT2D eigenvalue weighted by Gasteiger charge is -2.07. The Labute approximate surface area is 44.0 Å². The van der Waals surface area contributed by atoms with Gasteiger partial charge >= 0.3 is 0 Å². The first-order valence-corrected chi connectivity index (χ1v) is 2.43. The van der Waals surface area contributed by atoms with Gasteiger partial charge in [0.15, 0.2) is 0 Å². The summed E-state index contributed by atoms with van der Waals surface area (Å²) in [4.78, 5) is 0. The van der Waals surface area contributed by atoms with E-state index in [1.165, 1.54) is 0 Å². The van der Waals surface area contributed by atoms with Crippen LogP contribution in [0, 0.1) is 12.5 Å². The molecule has 0 spiro atoms. The maximum atomic E-state index is 4.84. The van der Waals surface area contributed by atoms with Gasteiger partial charge in [-0.3, -0.25) is 0 Å². The summed E-state index contributed by atoms with van der Waals surface area (Å²) < 4.78 is 4.84. The topological polar surface area (TPSA) is 9.23 Å². The SMILES string of the molecule is CC1[C]OCC=C1. The number of ether oxygens (including phenoxy) is 1. The minimum absolute atomic E-state index is 0.383. The van der Waals surface area contributed by atoms with Gasteiger partial charge in [0.25, 0.3) is 0 Å². The van der Waals surface area contributed by atoms with Crippen LogP contribution in [0.1, 0.15) is 6.92 Å². The quantitative estimate of drug-likeness (QED) is 0.412. The summed E-state index contributed by atoms with van der Waals surface area (Å²) >= 11 is 0. The van der Waals surface area contributed by atoms with Crippen molar-refractivity contribution in [2.45, 2.75) is 6.92 Å². The summed E-state index contributed by atoms with van der Waals surface area (Å²) in [5, 5.41) is 0. The van der Waals surface area contributed by atoms with Gasteiger partial charge in [-0.05, 0) is 0 Å². The molecule has 38 valence electrons. The molecular formula is C6H8O. The first-order chi connectivity index (χ1) is 3.39. The van der Waals surface area contributed by atoms with Crippen LogP contribution in [0.15, 0.2) is 12.2 Å².